The number of hydrogen-bond acceptors (Lipinski definition) is 2. The molecule has 1 aliphatic rings. The highest BCUT2D eigenvalue weighted by atomic mass is 16.1. The summed E-state index contributed by atoms with van der Waals surface area (Å²) in [6.07, 6.45) is 0.432. The summed E-state index contributed by atoms with van der Waals surface area (Å²) in [7, 11) is 0. The SMILES string of the molecule is Cc1cc(-c2cccc(C#N)c2C)cc2c1NC(=O)C2. The Balaban J connectivity index is 2.18. The van der Waals surface area contributed by atoms with Crippen LogP contribution in [0.15, 0.2) is 30.3 Å². The molecule has 2 aromatic rings. The Bertz CT molecular complexity index is 769. The van der Waals surface area contributed by atoms with E-state index >= 15 is 0 Å². The molecule has 0 saturated heterocycles. The first-order valence-corrected chi connectivity index (χ1v) is 6.53. The van der Waals surface area contributed by atoms with Crippen molar-refractivity contribution in [1.29, 1.82) is 5.26 Å². The lowest BCUT2D eigenvalue weighted by Gasteiger charge is -2.11. The van der Waals surface area contributed by atoms with Crippen molar-refractivity contribution >= 4 is 11.6 Å². The van der Waals surface area contributed by atoms with Crippen molar-refractivity contribution < 1.29 is 4.79 Å². The van der Waals surface area contributed by atoms with Gasteiger partial charge in [-0.05, 0) is 59.9 Å². The second-order valence-electron chi connectivity index (χ2n) is 5.14. The van der Waals surface area contributed by atoms with Crippen molar-refractivity contribution in [3.8, 4) is 17.2 Å². The van der Waals surface area contributed by atoms with E-state index in [-0.39, 0.29) is 5.91 Å². The molecule has 20 heavy (non-hydrogen) atoms. The van der Waals surface area contributed by atoms with Crippen LogP contribution >= 0.6 is 0 Å². The summed E-state index contributed by atoms with van der Waals surface area (Å²) < 4.78 is 0. The fourth-order valence-corrected chi connectivity index (χ4v) is 2.76. The third-order valence-corrected chi connectivity index (χ3v) is 3.80. The second kappa shape index (κ2) is 4.50. The smallest absolute Gasteiger partial charge is 0.228 e. The maximum Gasteiger partial charge on any atom is 0.228 e. The number of amides is 1. The molecule has 3 heteroatoms. The Labute approximate surface area is 117 Å². The highest BCUT2D eigenvalue weighted by Crippen LogP contribution is 2.34. The Kier molecular flexibility index (Phi) is 2.80. The van der Waals surface area contributed by atoms with Gasteiger partial charge in [-0.3, -0.25) is 4.79 Å². The van der Waals surface area contributed by atoms with Crippen molar-refractivity contribution in [3.63, 3.8) is 0 Å². The first-order chi connectivity index (χ1) is 9.60. The molecule has 0 fully saturated rings. The van der Waals surface area contributed by atoms with Gasteiger partial charge in [0.1, 0.15) is 0 Å². The maximum atomic E-state index is 11.5. The largest absolute Gasteiger partial charge is 0.325 e. The molecule has 1 amide bonds. The van der Waals surface area contributed by atoms with Gasteiger partial charge in [-0.25, -0.2) is 0 Å². The zero-order chi connectivity index (χ0) is 14.3. The molecular formula is C17H14N2O. The maximum absolute atomic E-state index is 11.5. The number of nitrogens with zero attached hydrogens (tertiary/aromatic N) is 1. The fraction of sp³-hybridized carbons (Fsp3) is 0.176. The molecule has 0 saturated carbocycles. The molecule has 0 aliphatic carbocycles. The minimum atomic E-state index is 0.0442. The van der Waals surface area contributed by atoms with Crippen molar-refractivity contribution in [2.75, 3.05) is 5.32 Å². The van der Waals surface area contributed by atoms with Crippen LogP contribution in [0.5, 0.6) is 0 Å². The van der Waals surface area contributed by atoms with Gasteiger partial charge in [0, 0.05) is 5.69 Å². The lowest BCUT2D eigenvalue weighted by molar-refractivity contribution is -0.115. The van der Waals surface area contributed by atoms with Gasteiger partial charge in [-0.15, -0.1) is 0 Å². The van der Waals surface area contributed by atoms with Crippen molar-refractivity contribution in [2.45, 2.75) is 20.3 Å². The van der Waals surface area contributed by atoms with Crippen LogP contribution in [0, 0.1) is 25.2 Å². The summed E-state index contributed by atoms with van der Waals surface area (Å²) >= 11 is 0. The Morgan fingerprint density at radius 3 is 2.80 bits per heavy atom. The van der Waals surface area contributed by atoms with E-state index in [1.54, 1.807) is 0 Å². The molecule has 2 aromatic carbocycles. The molecule has 0 bridgehead atoms. The first-order valence-electron chi connectivity index (χ1n) is 6.53. The molecule has 0 atom stereocenters. The summed E-state index contributed by atoms with van der Waals surface area (Å²) in [6.45, 7) is 3.96. The molecule has 0 aromatic heterocycles. The number of nitriles is 1. The highest BCUT2D eigenvalue weighted by molar-refractivity contribution is 6.00. The minimum Gasteiger partial charge on any atom is -0.325 e. The van der Waals surface area contributed by atoms with Crippen LogP contribution in [-0.4, -0.2) is 5.91 Å². The van der Waals surface area contributed by atoms with E-state index in [2.05, 4.69) is 17.5 Å². The summed E-state index contributed by atoms with van der Waals surface area (Å²) in [4.78, 5) is 11.5. The molecule has 3 nitrogen and oxygen atoms in total. The predicted octanol–water partition coefficient (Wildman–Crippen LogP) is 3.34. The summed E-state index contributed by atoms with van der Waals surface area (Å²) in [5.41, 5.74) is 6.81. The van der Waals surface area contributed by atoms with Gasteiger partial charge in [0.2, 0.25) is 5.91 Å². The Morgan fingerprint density at radius 1 is 1.25 bits per heavy atom. The van der Waals surface area contributed by atoms with Crippen LogP contribution in [-0.2, 0) is 11.2 Å². The monoisotopic (exact) mass is 262 g/mol. The molecule has 1 aliphatic heterocycles. The Morgan fingerprint density at radius 2 is 2.05 bits per heavy atom. The third kappa shape index (κ3) is 1.86. The lowest BCUT2D eigenvalue weighted by atomic mass is 9.93. The van der Waals surface area contributed by atoms with E-state index in [1.165, 1.54) is 0 Å². The molecule has 1 N–H and O–H groups in total. The number of rotatable bonds is 1. The molecular weight excluding hydrogens is 248 g/mol. The number of aryl methyl sites for hydroxylation is 1. The number of nitrogens with one attached hydrogen (secondary N) is 1. The molecule has 98 valence electrons. The zero-order valence-corrected chi connectivity index (χ0v) is 11.4. The van der Waals surface area contributed by atoms with Crippen LogP contribution in [0.3, 0.4) is 0 Å². The normalized spacial score (nSPS) is 12.8. The summed E-state index contributed by atoms with van der Waals surface area (Å²) in [5, 5.41) is 12.0. The average Bonchev–Trinajstić information content (AvgIpc) is 2.80. The molecule has 1 heterocycles. The van der Waals surface area contributed by atoms with E-state index in [0.29, 0.717) is 12.0 Å². The summed E-state index contributed by atoms with van der Waals surface area (Å²) in [5.74, 6) is 0.0442. The van der Waals surface area contributed by atoms with Gasteiger partial charge in [0.15, 0.2) is 0 Å². The van der Waals surface area contributed by atoms with Gasteiger partial charge in [-0.2, -0.15) is 5.26 Å². The van der Waals surface area contributed by atoms with Gasteiger partial charge >= 0.3 is 0 Å². The number of fused-ring (bicyclic) bond motifs is 1. The minimum absolute atomic E-state index is 0.0442. The number of hydrogen-bond donors (Lipinski definition) is 1. The van der Waals surface area contributed by atoms with Crippen molar-refractivity contribution in [2.24, 2.45) is 0 Å². The van der Waals surface area contributed by atoms with Crippen molar-refractivity contribution in [1.82, 2.24) is 0 Å². The van der Waals surface area contributed by atoms with Gasteiger partial charge in [0.05, 0.1) is 18.1 Å². The summed E-state index contributed by atoms with van der Waals surface area (Å²) in [6, 6.07) is 12.1. The quantitative estimate of drug-likeness (QED) is 0.857. The fourth-order valence-electron chi connectivity index (χ4n) is 2.76. The topological polar surface area (TPSA) is 52.9 Å². The predicted molar refractivity (Wildman–Crippen MR) is 78.4 cm³/mol. The zero-order valence-electron chi connectivity index (χ0n) is 11.4. The van der Waals surface area contributed by atoms with E-state index in [0.717, 1.165) is 33.5 Å². The second-order valence-corrected chi connectivity index (χ2v) is 5.14. The van der Waals surface area contributed by atoms with Crippen molar-refractivity contribution in [3.05, 3.63) is 52.6 Å². The van der Waals surface area contributed by atoms with E-state index in [1.807, 2.05) is 38.1 Å². The van der Waals surface area contributed by atoms with Crippen LogP contribution in [0.2, 0.25) is 0 Å². The van der Waals surface area contributed by atoms with Crippen LogP contribution in [0.25, 0.3) is 11.1 Å². The van der Waals surface area contributed by atoms with Gasteiger partial charge in [0.25, 0.3) is 0 Å². The van der Waals surface area contributed by atoms with Crippen LogP contribution < -0.4 is 5.32 Å². The van der Waals surface area contributed by atoms with Gasteiger partial charge < -0.3 is 5.32 Å². The molecule has 3 rings (SSSR count). The number of anilines is 1. The van der Waals surface area contributed by atoms with E-state index < -0.39 is 0 Å². The third-order valence-electron chi connectivity index (χ3n) is 3.80. The number of carbonyl (C=O) groups is 1. The first kappa shape index (κ1) is 12.4. The highest BCUT2D eigenvalue weighted by Gasteiger charge is 2.20. The molecule has 0 spiro atoms. The molecule has 0 radical (unpaired) electrons. The standard InChI is InChI=1S/C17H14N2O/c1-10-6-13(7-14-8-16(20)19-17(10)14)15-5-3-4-12(9-18)11(15)2/h3-7H,8H2,1-2H3,(H,19,20). The van der Waals surface area contributed by atoms with E-state index in [4.69, 9.17) is 5.26 Å². The van der Waals surface area contributed by atoms with Crippen LogP contribution in [0.4, 0.5) is 5.69 Å². The lowest BCUT2D eigenvalue weighted by Crippen LogP contribution is -2.04. The Hall–Kier alpha value is -2.60. The average molecular weight is 262 g/mol. The number of benzene rings is 2. The number of carbonyl (C=O) groups excluding carboxylic acids is 1. The van der Waals surface area contributed by atoms with Gasteiger partial charge in [-0.1, -0.05) is 12.1 Å². The molecule has 0 unspecified atom stereocenters. The van der Waals surface area contributed by atoms with Crippen LogP contribution in [0.1, 0.15) is 22.3 Å². The van der Waals surface area contributed by atoms with E-state index in [9.17, 15) is 4.79 Å².